The highest BCUT2D eigenvalue weighted by Gasteiger charge is 2.18. The van der Waals surface area contributed by atoms with Crippen LogP contribution in [0.1, 0.15) is 5.56 Å². The maximum absolute atomic E-state index is 6.77. The maximum Gasteiger partial charge on any atom is 0.164 e. The number of aryl methyl sites for hydroxylation is 1. The Morgan fingerprint density at radius 3 is 1.30 bits per heavy atom. The monoisotopic (exact) mass is 717 g/mol. The van der Waals surface area contributed by atoms with Crippen LogP contribution >= 0.6 is 0 Å². The lowest BCUT2D eigenvalue weighted by molar-refractivity contribution is 0.671. The molecule has 10 rings (SSSR count). The number of nitrogens with zero attached hydrogens (tertiary/aromatic N) is 3. The van der Waals surface area contributed by atoms with Gasteiger partial charge in [0.25, 0.3) is 0 Å². The third-order valence-electron chi connectivity index (χ3n) is 10.4. The SMILES string of the molecule is Cc1cccc(-c2ccc(-c3nc(-c4ccc(-c5ccccc5)cc4)nc(-c4cccc(-c5cccc6c5oc5c(-c7ccccc7)cccc56)c4)n3)cc2)c1. The van der Waals surface area contributed by atoms with Gasteiger partial charge in [-0.15, -0.1) is 0 Å². The zero-order valence-corrected chi connectivity index (χ0v) is 30.7. The minimum absolute atomic E-state index is 0.602. The van der Waals surface area contributed by atoms with Crippen molar-refractivity contribution in [2.75, 3.05) is 0 Å². The van der Waals surface area contributed by atoms with E-state index in [1.165, 1.54) is 11.1 Å². The number of rotatable bonds is 7. The molecule has 2 heterocycles. The fourth-order valence-corrected chi connectivity index (χ4v) is 7.56. The number of aromatic nitrogens is 3. The fourth-order valence-electron chi connectivity index (χ4n) is 7.56. The van der Waals surface area contributed by atoms with Crippen LogP contribution in [-0.4, -0.2) is 15.0 Å². The Labute approximate surface area is 325 Å². The predicted octanol–water partition coefficient (Wildman–Crippen LogP) is 13.7. The van der Waals surface area contributed by atoms with E-state index in [0.717, 1.165) is 77.6 Å². The highest BCUT2D eigenvalue weighted by Crippen LogP contribution is 2.40. The Bertz CT molecular complexity index is 3000. The van der Waals surface area contributed by atoms with E-state index in [9.17, 15) is 0 Å². The third-order valence-corrected chi connectivity index (χ3v) is 10.4. The van der Waals surface area contributed by atoms with Gasteiger partial charge in [0, 0.05) is 38.6 Å². The number of furan rings is 1. The predicted molar refractivity (Wildman–Crippen MR) is 230 cm³/mol. The molecule has 10 aromatic rings. The molecule has 4 nitrogen and oxygen atoms in total. The Balaban J connectivity index is 1.08. The highest BCUT2D eigenvalue weighted by molar-refractivity contribution is 6.13. The number of fused-ring (bicyclic) bond motifs is 3. The van der Waals surface area contributed by atoms with Gasteiger partial charge in [-0.3, -0.25) is 0 Å². The molecule has 0 bridgehead atoms. The summed E-state index contributed by atoms with van der Waals surface area (Å²) in [5.74, 6) is 1.83. The van der Waals surface area contributed by atoms with Crippen molar-refractivity contribution in [3.05, 3.63) is 200 Å². The molecule has 0 radical (unpaired) electrons. The largest absolute Gasteiger partial charge is 0.455 e. The Hall–Kier alpha value is -7.43. The van der Waals surface area contributed by atoms with Crippen molar-refractivity contribution in [3.63, 3.8) is 0 Å². The molecule has 56 heavy (non-hydrogen) atoms. The van der Waals surface area contributed by atoms with Crippen LogP contribution in [0, 0.1) is 6.92 Å². The van der Waals surface area contributed by atoms with Gasteiger partial charge in [-0.1, -0.05) is 194 Å². The Morgan fingerprint density at radius 2 is 0.714 bits per heavy atom. The van der Waals surface area contributed by atoms with Crippen LogP contribution in [0.5, 0.6) is 0 Å². The lowest BCUT2D eigenvalue weighted by Crippen LogP contribution is -2.00. The summed E-state index contributed by atoms with van der Waals surface area (Å²) in [4.78, 5) is 15.3. The molecule has 4 heteroatoms. The van der Waals surface area contributed by atoms with Crippen LogP contribution in [0.25, 0.3) is 101 Å². The normalized spacial score (nSPS) is 11.3. The molecule has 0 saturated carbocycles. The van der Waals surface area contributed by atoms with Gasteiger partial charge in [0.15, 0.2) is 17.5 Å². The molecule has 0 aliphatic rings. The minimum Gasteiger partial charge on any atom is -0.455 e. The van der Waals surface area contributed by atoms with E-state index in [-0.39, 0.29) is 0 Å². The Morgan fingerprint density at radius 1 is 0.304 bits per heavy atom. The third kappa shape index (κ3) is 6.23. The van der Waals surface area contributed by atoms with E-state index in [1.54, 1.807) is 0 Å². The zero-order valence-electron chi connectivity index (χ0n) is 30.7. The average molecular weight is 718 g/mol. The summed E-state index contributed by atoms with van der Waals surface area (Å²) in [6.07, 6.45) is 0. The first-order valence-electron chi connectivity index (χ1n) is 18.8. The summed E-state index contributed by atoms with van der Waals surface area (Å²) in [6, 6.07) is 67.4. The smallest absolute Gasteiger partial charge is 0.164 e. The average Bonchev–Trinajstić information content (AvgIpc) is 3.66. The van der Waals surface area contributed by atoms with Crippen LogP contribution in [-0.2, 0) is 0 Å². The summed E-state index contributed by atoms with van der Waals surface area (Å²) in [5.41, 5.74) is 14.6. The molecule has 2 aromatic heterocycles. The topological polar surface area (TPSA) is 51.8 Å². The molecule has 8 aromatic carbocycles. The molecule has 0 spiro atoms. The molecule has 0 N–H and O–H groups in total. The number of hydrogen-bond donors (Lipinski definition) is 0. The van der Waals surface area contributed by atoms with E-state index in [2.05, 4.69) is 189 Å². The molecule has 0 unspecified atom stereocenters. The van der Waals surface area contributed by atoms with Crippen LogP contribution in [0.4, 0.5) is 0 Å². The van der Waals surface area contributed by atoms with E-state index >= 15 is 0 Å². The van der Waals surface area contributed by atoms with Gasteiger partial charge < -0.3 is 4.42 Å². The minimum atomic E-state index is 0.602. The molecule has 0 fully saturated rings. The van der Waals surface area contributed by atoms with Crippen molar-refractivity contribution in [1.82, 2.24) is 15.0 Å². The lowest BCUT2D eigenvalue weighted by atomic mass is 9.99. The summed E-state index contributed by atoms with van der Waals surface area (Å²) in [7, 11) is 0. The number of benzene rings is 8. The van der Waals surface area contributed by atoms with Crippen LogP contribution in [0.15, 0.2) is 199 Å². The van der Waals surface area contributed by atoms with Crippen molar-refractivity contribution in [1.29, 1.82) is 0 Å². The van der Waals surface area contributed by atoms with Crippen molar-refractivity contribution in [2.24, 2.45) is 0 Å². The molecular formula is C52H35N3O. The molecule has 0 saturated heterocycles. The molecule has 0 amide bonds. The summed E-state index contributed by atoms with van der Waals surface area (Å²) in [5, 5.41) is 2.18. The first-order valence-corrected chi connectivity index (χ1v) is 18.8. The second kappa shape index (κ2) is 14.1. The van der Waals surface area contributed by atoms with Gasteiger partial charge in [-0.2, -0.15) is 0 Å². The maximum atomic E-state index is 6.77. The van der Waals surface area contributed by atoms with Crippen molar-refractivity contribution in [2.45, 2.75) is 6.92 Å². The van der Waals surface area contributed by atoms with Gasteiger partial charge in [0.2, 0.25) is 0 Å². The number of para-hydroxylation sites is 2. The second-order valence-corrected chi connectivity index (χ2v) is 14.1. The van der Waals surface area contributed by atoms with Gasteiger partial charge >= 0.3 is 0 Å². The molecule has 0 aliphatic heterocycles. The summed E-state index contributed by atoms with van der Waals surface area (Å²) in [6.45, 7) is 2.12. The standard InChI is InChI=1S/C52H35N3O/c1-34-12-8-17-41(32-34)37-26-30-40(31-27-37)51-53-50(39-28-24-36(25-29-39)35-13-4-2-5-14-35)54-52(55-51)43-19-9-18-42(33-43)45-21-11-23-47-46-22-10-20-44(48(46)56-49(45)47)38-15-6-3-7-16-38/h2-33H,1H3. The first kappa shape index (κ1) is 33.2. The van der Waals surface area contributed by atoms with E-state index in [4.69, 9.17) is 19.4 Å². The number of hydrogen-bond acceptors (Lipinski definition) is 4. The quantitative estimate of drug-likeness (QED) is 0.165. The van der Waals surface area contributed by atoms with E-state index < -0.39 is 0 Å². The molecule has 264 valence electrons. The van der Waals surface area contributed by atoms with E-state index in [1.807, 2.05) is 12.1 Å². The molecular weight excluding hydrogens is 683 g/mol. The Kier molecular flexibility index (Phi) is 8.34. The van der Waals surface area contributed by atoms with Gasteiger partial charge in [-0.05, 0) is 46.4 Å². The van der Waals surface area contributed by atoms with Gasteiger partial charge in [-0.25, -0.2) is 15.0 Å². The molecule has 0 atom stereocenters. The lowest BCUT2D eigenvalue weighted by Gasteiger charge is -2.11. The second-order valence-electron chi connectivity index (χ2n) is 14.1. The van der Waals surface area contributed by atoms with Gasteiger partial charge in [0.05, 0.1) is 0 Å². The van der Waals surface area contributed by atoms with Crippen LogP contribution in [0.3, 0.4) is 0 Å². The first-order chi connectivity index (χ1) is 27.6. The fraction of sp³-hybridized carbons (Fsp3) is 0.0192. The summed E-state index contributed by atoms with van der Waals surface area (Å²) < 4.78 is 6.77. The zero-order chi connectivity index (χ0) is 37.4. The summed E-state index contributed by atoms with van der Waals surface area (Å²) >= 11 is 0. The van der Waals surface area contributed by atoms with Crippen LogP contribution < -0.4 is 0 Å². The van der Waals surface area contributed by atoms with Crippen molar-refractivity contribution >= 4 is 21.9 Å². The van der Waals surface area contributed by atoms with Gasteiger partial charge in [0.1, 0.15) is 11.2 Å². The van der Waals surface area contributed by atoms with E-state index in [0.29, 0.717) is 17.5 Å². The highest BCUT2D eigenvalue weighted by atomic mass is 16.3. The van der Waals surface area contributed by atoms with Crippen molar-refractivity contribution in [3.8, 4) is 78.7 Å². The van der Waals surface area contributed by atoms with Crippen molar-refractivity contribution < 1.29 is 4.42 Å². The van der Waals surface area contributed by atoms with Crippen LogP contribution in [0.2, 0.25) is 0 Å². The molecule has 0 aliphatic carbocycles.